The molecule has 0 bridgehead atoms. The van der Waals surface area contributed by atoms with E-state index in [2.05, 4.69) is 17.1 Å². The van der Waals surface area contributed by atoms with Gasteiger partial charge in [-0.1, -0.05) is 19.0 Å². The normalized spacial score (nSPS) is 17.4. The van der Waals surface area contributed by atoms with Crippen LogP contribution in [0.2, 0.25) is 0 Å². The summed E-state index contributed by atoms with van der Waals surface area (Å²) in [6.07, 6.45) is 3.54. The molecule has 0 spiro atoms. The number of nitrogens with zero attached hydrogens (tertiary/aromatic N) is 2. The molecule has 5 heteroatoms. The summed E-state index contributed by atoms with van der Waals surface area (Å²) in [5.74, 6) is 1.12. The fourth-order valence-corrected chi connectivity index (χ4v) is 1.60. The summed E-state index contributed by atoms with van der Waals surface area (Å²) in [4.78, 5) is 2.22. The molecule has 0 saturated heterocycles. The van der Waals surface area contributed by atoms with Crippen molar-refractivity contribution < 1.29 is 9.94 Å². The summed E-state index contributed by atoms with van der Waals surface area (Å²) < 4.78 is 5.60. The molecule has 1 saturated carbocycles. The zero-order chi connectivity index (χ0) is 13.6. The molecular formula is C13H27N3O2. The number of hydrogen-bond acceptors (Lipinski definition) is 4. The van der Waals surface area contributed by atoms with Gasteiger partial charge < -0.3 is 20.6 Å². The minimum absolute atomic E-state index is 0.266. The van der Waals surface area contributed by atoms with Crippen molar-refractivity contribution in [1.29, 1.82) is 0 Å². The Hall–Kier alpha value is -0.810. The second-order valence-electron chi connectivity index (χ2n) is 5.94. The van der Waals surface area contributed by atoms with Crippen LogP contribution in [0.15, 0.2) is 5.16 Å². The first kappa shape index (κ1) is 15.2. The van der Waals surface area contributed by atoms with Crippen molar-refractivity contribution in [3.8, 4) is 0 Å². The lowest BCUT2D eigenvalue weighted by molar-refractivity contribution is 0.101. The molecule has 1 aliphatic rings. The molecule has 0 aromatic heterocycles. The molecule has 0 aliphatic heterocycles. The van der Waals surface area contributed by atoms with E-state index in [1.54, 1.807) is 0 Å². The molecule has 3 N–H and O–H groups in total. The van der Waals surface area contributed by atoms with E-state index in [4.69, 9.17) is 15.7 Å². The SMILES string of the molecule is CN(CCOCC1CC1)CCC(C)(C)C(N)=NO. The van der Waals surface area contributed by atoms with E-state index < -0.39 is 0 Å². The third-order valence-corrected chi connectivity index (χ3v) is 3.59. The van der Waals surface area contributed by atoms with Crippen molar-refractivity contribution in [3.63, 3.8) is 0 Å². The monoisotopic (exact) mass is 257 g/mol. The number of rotatable bonds is 9. The van der Waals surface area contributed by atoms with E-state index in [9.17, 15) is 0 Å². The van der Waals surface area contributed by atoms with E-state index in [1.807, 2.05) is 13.8 Å². The Labute approximate surface area is 110 Å². The molecule has 0 atom stereocenters. The molecule has 0 radical (unpaired) electrons. The quantitative estimate of drug-likeness (QED) is 0.216. The summed E-state index contributed by atoms with van der Waals surface area (Å²) in [7, 11) is 2.07. The van der Waals surface area contributed by atoms with Gasteiger partial charge in [-0.2, -0.15) is 0 Å². The highest BCUT2D eigenvalue weighted by molar-refractivity contribution is 5.85. The van der Waals surface area contributed by atoms with Gasteiger partial charge in [-0.05, 0) is 38.8 Å². The van der Waals surface area contributed by atoms with Crippen molar-refractivity contribution in [2.24, 2.45) is 22.2 Å². The van der Waals surface area contributed by atoms with Crippen molar-refractivity contribution in [3.05, 3.63) is 0 Å². The van der Waals surface area contributed by atoms with Crippen LogP contribution < -0.4 is 5.73 Å². The molecule has 0 amide bonds. The van der Waals surface area contributed by atoms with Gasteiger partial charge in [0.15, 0.2) is 0 Å². The first-order valence-electron chi connectivity index (χ1n) is 6.70. The Bertz CT molecular complexity index is 275. The van der Waals surface area contributed by atoms with Gasteiger partial charge in [-0.25, -0.2) is 0 Å². The summed E-state index contributed by atoms with van der Waals surface area (Å²) in [5.41, 5.74) is 5.39. The van der Waals surface area contributed by atoms with Gasteiger partial charge in [0.2, 0.25) is 0 Å². The predicted octanol–water partition coefficient (Wildman–Crippen LogP) is 1.51. The molecule has 1 rings (SSSR count). The largest absolute Gasteiger partial charge is 0.409 e. The molecular weight excluding hydrogens is 230 g/mol. The Morgan fingerprint density at radius 1 is 1.44 bits per heavy atom. The molecule has 0 unspecified atom stereocenters. The molecule has 5 nitrogen and oxygen atoms in total. The van der Waals surface area contributed by atoms with Gasteiger partial charge in [0.05, 0.1) is 6.61 Å². The summed E-state index contributed by atoms with van der Waals surface area (Å²) in [6.45, 7) is 7.52. The number of oxime groups is 1. The third kappa shape index (κ3) is 5.69. The lowest BCUT2D eigenvalue weighted by Gasteiger charge is -2.26. The predicted molar refractivity (Wildman–Crippen MR) is 72.8 cm³/mol. The van der Waals surface area contributed by atoms with Crippen LogP contribution in [0.1, 0.15) is 33.1 Å². The maximum atomic E-state index is 8.70. The average molecular weight is 257 g/mol. The van der Waals surface area contributed by atoms with Crippen molar-refractivity contribution in [1.82, 2.24) is 4.90 Å². The van der Waals surface area contributed by atoms with E-state index in [1.165, 1.54) is 12.8 Å². The summed E-state index contributed by atoms with van der Waals surface area (Å²) in [6, 6.07) is 0. The van der Waals surface area contributed by atoms with Crippen LogP contribution in [-0.4, -0.2) is 49.3 Å². The number of hydrogen-bond donors (Lipinski definition) is 2. The molecule has 1 aliphatic carbocycles. The van der Waals surface area contributed by atoms with Crippen molar-refractivity contribution in [2.75, 3.05) is 33.4 Å². The van der Waals surface area contributed by atoms with Gasteiger partial charge in [0.25, 0.3) is 0 Å². The first-order chi connectivity index (χ1) is 8.45. The lowest BCUT2D eigenvalue weighted by Crippen LogP contribution is -2.36. The number of ether oxygens (including phenoxy) is 1. The van der Waals surface area contributed by atoms with E-state index in [-0.39, 0.29) is 5.41 Å². The Balaban J connectivity index is 2.09. The number of amidine groups is 1. The summed E-state index contributed by atoms with van der Waals surface area (Å²) in [5, 5.41) is 11.8. The maximum absolute atomic E-state index is 8.70. The third-order valence-electron chi connectivity index (χ3n) is 3.59. The zero-order valence-corrected chi connectivity index (χ0v) is 11.9. The average Bonchev–Trinajstić information content (AvgIpc) is 3.15. The molecule has 0 aromatic rings. The Morgan fingerprint density at radius 3 is 2.67 bits per heavy atom. The zero-order valence-electron chi connectivity index (χ0n) is 11.9. The van der Waals surface area contributed by atoms with E-state index >= 15 is 0 Å². The Morgan fingerprint density at radius 2 is 2.11 bits per heavy atom. The second-order valence-corrected chi connectivity index (χ2v) is 5.94. The molecule has 18 heavy (non-hydrogen) atoms. The second kappa shape index (κ2) is 6.95. The van der Waals surface area contributed by atoms with Crippen LogP contribution in [0.5, 0.6) is 0 Å². The number of likely N-dealkylation sites (N-methyl/N-ethyl adjacent to an activating group) is 1. The van der Waals surface area contributed by atoms with Gasteiger partial charge in [-0.15, -0.1) is 0 Å². The minimum Gasteiger partial charge on any atom is -0.409 e. The maximum Gasteiger partial charge on any atom is 0.144 e. The smallest absolute Gasteiger partial charge is 0.144 e. The van der Waals surface area contributed by atoms with Crippen LogP contribution in [0, 0.1) is 11.3 Å². The van der Waals surface area contributed by atoms with Crippen LogP contribution in [0.4, 0.5) is 0 Å². The highest BCUT2D eigenvalue weighted by Crippen LogP contribution is 2.28. The van der Waals surface area contributed by atoms with Crippen LogP contribution >= 0.6 is 0 Å². The fraction of sp³-hybridized carbons (Fsp3) is 0.923. The summed E-state index contributed by atoms with van der Waals surface area (Å²) >= 11 is 0. The topological polar surface area (TPSA) is 71.1 Å². The van der Waals surface area contributed by atoms with Crippen molar-refractivity contribution in [2.45, 2.75) is 33.1 Å². The molecule has 106 valence electrons. The van der Waals surface area contributed by atoms with Gasteiger partial charge in [0.1, 0.15) is 5.84 Å². The first-order valence-corrected chi connectivity index (χ1v) is 6.70. The van der Waals surface area contributed by atoms with Crippen molar-refractivity contribution >= 4 is 5.84 Å². The van der Waals surface area contributed by atoms with Gasteiger partial charge in [-0.3, -0.25) is 0 Å². The van der Waals surface area contributed by atoms with Crippen LogP contribution in [0.25, 0.3) is 0 Å². The van der Waals surface area contributed by atoms with E-state index in [0.29, 0.717) is 5.84 Å². The lowest BCUT2D eigenvalue weighted by atomic mass is 9.88. The van der Waals surface area contributed by atoms with Gasteiger partial charge in [0, 0.05) is 18.6 Å². The Kier molecular flexibility index (Phi) is 5.88. The van der Waals surface area contributed by atoms with E-state index in [0.717, 1.165) is 38.6 Å². The minimum atomic E-state index is -0.266. The fourth-order valence-electron chi connectivity index (χ4n) is 1.60. The highest BCUT2D eigenvalue weighted by Gasteiger charge is 2.24. The highest BCUT2D eigenvalue weighted by atomic mass is 16.5. The van der Waals surface area contributed by atoms with Crippen LogP contribution in [0.3, 0.4) is 0 Å². The molecule has 1 fully saturated rings. The van der Waals surface area contributed by atoms with Gasteiger partial charge >= 0.3 is 0 Å². The standard InChI is InChI=1S/C13H27N3O2/c1-13(2,12(14)15-17)6-7-16(3)8-9-18-10-11-4-5-11/h11,17H,4-10H2,1-3H3,(H2,14,15). The molecule has 0 heterocycles. The van der Waals surface area contributed by atoms with Crippen LogP contribution in [-0.2, 0) is 4.74 Å². The molecule has 0 aromatic carbocycles. The number of nitrogens with two attached hydrogens (primary N) is 1.